The van der Waals surface area contributed by atoms with Crippen molar-refractivity contribution in [1.82, 2.24) is 5.32 Å². The zero-order valence-corrected chi connectivity index (χ0v) is 9.27. The highest BCUT2D eigenvalue weighted by Gasteiger charge is 2.19. The van der Waals surface area contributed by atoms with Crippen LogP contribution in [-0.2, 0) is 0 Å². The molecule has 0 heterocycles. The van der Waals surface area contributed by atoms with Gasteiger partial charge in [0, 0.05) is 11.6 Å². The van der Waals surface area contributed by atoms with Gasteiger partial charge in [-0.15, -0.1) is 0 Å². The maximum atomic E-state index is 5.86. The van der Waals surface area contributed by atoms with Crippen LogP contribution in [0, 0.1) is 5.92 Å². The Bertz CT molecular complexity index is 141. The van der Waals surface area contributed by atoms with Gasteiger partial charge in [-0.1, -0.05) is 0 Å². The summed E-state index contributed by atoms with van der Waals surface area (Å²) in [5, 5.41) is 3.57. The molecule has 1 aliphatic rings. The molecule has 0 unspecified atom stereocenters. The van der Waals surface area contributed by atoms with Gasteiger partial charge in [0.1, 0.15) is 0 Å². The summed E-state index contributed by atoms with van der Waals surface area (Å²) >= 11 is 0. The predicted octanol–water partition coefficient (Wildman–Crippen LogP) is 1.89. The first-order chi connectivity index (χ1) is 5.97. The molecule has 0 spiro atoms. The second-order valence-electron chi connectivity index (χ2n) is 5.41. The molecule has 2 heteroatoms. The maximum Gasteiger partial charge on any atom is 0.00966 e. The summed E-state index contributed by atoms with van der Waals surface area (Å²) in [5.74, 6) is 0.860. The molecular weight excluding hydrogens is 160 g/mol. The molecule has 1 rings (SSSR count). The lowest BCUT2D eigenvalue weighted by Crippen LogP contribution is -2.40. The Hall–Kier alpha value is -0.0800. The fraction of sp³-hybridized carbons (Fsp3) is 1.00. The Labute approximate surface area is 82.3 Å². The van der Waals surface area contributed by atoms with E-state index >= 15 is 0 Å². The van der Waals surface area contributed by atoms with Crippen LogP contribution in [0.5, 0.6) is 0 Å². The van der Waals surface area contributed by atoms with Crippen molar-refractivity contribution in [3.05, 3.63) is 0 Å². The average molecular weight is 184 g/mol. The fourth-order valence-corrected chi connectivity index (χ4v) is 1.84. The molecule has 0 atom stereocenters. The van der Waals surface area contributed by atoms with Gasteiger partial charge in [0.25, 0.3) is 0 Å². The molecule has 0 amide bonds. The third kappa shape index (κ3) is 4.63. The van der Waals surface area contributed by atoms with Gasteiger partial charge in [0.05, 0.1) is 0 Å². The second kappa shape index (κ2) is 4.43. The largest absolute Gasteiger partial charge is 0.328 e. The second-order valence-corrected chi connectivity index (χ2v) is 5.41. The summed E-state index contributed by atoms with van der Waals surface area (Å²) in [6.07, 6.45) is 5.06. The van der Waals surface area contributed by atoms with Crippen molar-refractivity contribution in [2.75, 3.05) is 6.54 Å². The molecule has 13 heavy (non-hydrogen) atoms. The molecule has 0 radical (unpaired) electrons. The molecule has 0 aliphatic heterocycles. The summed E-state index contributed by atoms with van der Waals surface area (Å²) in [6.45, 7) is 7.83. The molecule has 0 aromatic heterocycles. The van der Waals surface area contributed by atoms with Crippen LogP contribution in [0.2, 0.25) is 0 Å². The van der Waals surface area contributed by atoms with Crippen molar-refractivity contribution >= 4 is 0 Å². The van der Waals surface area contributed by atoms with Crippen LogP contribution in [-0.4, -0.2) is 18.1 Å². The standard InChI is InChI=1S/C11H24N2/c1-11(2,3)13-8-9-4-6-10(12)7-5-9/h9-10,13H,4-8,12H2,1-3H3/t9-,10-. The normalized spacial score (nSPS) is 30.5. The van der Waals surface area contributed by atoms with Gasteiger partial charge in [0.15, 0.2) is 0 Å². The summed E-state index contributed by atoms with van der Waals surface area (Å²) in [6, 6.07) is 0.478. The number of rotatable bonds is 2. The van der Waals surface area contributed by atoms with Gasteiger partial charge in [-0.05, 0) is 58.9 Å². The van der Waals surface area contributed by atoms with Crippen LogP contribution in [0.4, 0.5) is 0 Å². The van der Waals surface area contributed by atoms with E-state index in [0.717, 1.165) is 12.5 Å². The zero-order chi connectivity index (χ0) is 9.90. The smallest absolute Gasteiger partial charge is 0.00966 e. The van der Waals surface area contributed by atoms with Crippen LogP contribution >= 0.6 is 0 Å². The van der Waals surface area contributed by atoms with Gasteiger partial charge in [-0.25, -0.2) is 0 Å². The van der Waals surface area contributed by atoms with E-state index in [1.165, 1.54) is 25.7 Å². The molecule has 1 saturated carbocycles. The number of hydrogen-bond donors (Lipinski definition) is 2. The number of hydrogen-bond acceptors (Lipinski definition) is 2. The van der Waals surface area contributed by atoms with E-state index in [-0.39, 0.29) is 5.54 Å². The fourth-order valence-electron chi connectivity index (χ4n) is 1.84. The summed E-state index contributed by atoms with van der Waals surface area (Å²) in [5.41, 5.74) is 6.12. The molecule has 0 aromatic rings. The molecule has 1 fully saturated rings. The highest BCUT2D eigenvalue weighted by molar-refractivity contribution is 4.78. The van der Waals surface area contributed by atoms with E-state index < -0.39 is 0 Å². The minimum absolute atomic E-state index is 0.263. The van der Waals surface area contributed by atoms with Gasteiger partial charge >= 0.3 is 0 Å². The Morgan fingerprint density at radius 3 is 2.15 bits per heavy atom. The van der Waals surface area contributed by atoms with E-state index in [9.17, 15) is 0 Å². The number of nitrogens with one attached hydrogen (secondary N) is 1. The van der Waals surface area contributed by atoms with Crippen molar-refractivity contribution in [2.24, 2.45) is 11.7 Å². The van der Waals surface area contributed by atoms with E-state index in [1.54, 1.807) is 0 Å². The quantitative estimate of drug-likeness (QED) is 0.688. The summed E-state index contributed by atoms with van der Waals surface area (Å²) < 4.78 is 0. The topological polar surface area (TPSA) is 38.0 Å². The Kier molecular flexibility index (Phi) is 3.74. The molecule has 3 N–H and O–H groups in total. The first-order valence-corrected chi connectivity index (χ1v) is 5.48. The minimum atomic E-state index is 0.263. The lowest BCUT2D eigenvalue weighted by atomic mass is 9.86. The Morgan fingerprint density at radius 1 is 1.15 bits per heavy atom. The maximum absolute atomic E-state index is 5.86. The van der Waals surface area contributed by atoms with Gasteiger partial charge in [-0.2, -0.15) is 0 Å². The van der Waals surface area contributed by atoms with Crippen molar-refractivity contribution in [3.63, 3.8) is 0 Å². The van der Waals surface area contributed by atoms with Crippen molar-refractivity contribution in [1.29, 1.82) is 0 Å². The zero-order valence-electron chi connectivity index (χ0n) is 9.27. The minimum Gasteiger partial charge on any atom is -0.328 e. The number of nitrogens with two attached hydrogens (primary N) is 1. The monoisotopic (exact) mass is 184 g/mol. The third-order valence-corrected chi connectivity index (χ3v) is 2.81. The highest BCUT2D eigenvalue weighted by atomic mass is 14.9. The van der Waals surface area contributed by atoms with Gasteiger partial charge in [0.2, 0.25) is 0 Å². The first-order valence-electron chi connectivity index (χ1n) is 5.48. The SMILES string of the molecule is CC(C)(C)NC[C@H]1CC[C@H](N)CC1. The first kappa shape index (κ1) is 11.0. The molecule has 78 valence electrons. The van der Waals surface area contributed by atoms with Crippen LogP contribution in [0.3, 0.4) is 0 Å². The van der Waals surface area contributed by atoms with Crippen molar-refractivity contribution < 1.29 is 0 Å². The van der Waals surface area contributed by atoms with Gasteiger partial charge < -0.3 is 11.1 Å². The lowest BCUT2D eigenvalue weighted by Gasteiger charge is -2.29. The Morgan fingerprint density at radius 2 is 1.69 bits per heavy atom. The summed E-state index contributed by atoms with van der Waals surface area (Å²) in [7, 11) is 0. The van der Waals surface area contributed by atoms with Crippen LogP contribution in [0.1, 0.15) is 46.5 Å². The van der Waals surface area contributed by atoms with E-state index in [2.05, 4.69) is 26.1 Å². The van der Waals surface area contributed by atoms with E-state index in [1.807, 2.05) is 0 Å². The Balaban J connectivity index is 2.16. The third-order valence-electron chi connectivity index (χ3n) is 2.81. The molecule has 0 aromatic carbocycles. The van der Waals surface area contributed by atoms with Crippen molar-refractivity contribution in [3.8, 4) is 0 Å². The van der Waals surface area contributed by atoms with Crippen LogP contribution < -0.4 is 11.1 Å². The summed E-state index contributed by atoms with van der Waals surface area (Å²) in [4.78, 5) is 0. The highest BCUT2D eigenvalue weighted by Crippen LogP contribution is 2.22. The predicted molar refractivity (Wildman–Crippen MR) is 57.7 cm³/mol. The average Bonchev–Trinajstić information content (AvgIpc) is 2.02. The molecule has 0 bridgehead atoms. The van der Waals surface area contributed by atoms with E-state index in [4.69, 9.17) is 5.73 Å². The van der Waals surface area contributed by atoms with Gasteiger partial charge in [-0.3, -0.25) is 0 Å². The lowest BCUT2D eigenvalue weighted by molar-refractivity contribution is 0.286. The van der Waals surface area contributed by atoms with E-state index in [0.29, 0.717) is 6.04 Å². The molecule has 0 saturated heterocycles. The van der Waals surface area contributed by atoms with Crippen LogP contribution in [0.25, 0.3) is 0 Å². The molecule has 2 nitrogen and oxygen atoms in total. The molecule has 1 aliphatic carbocycles. The van der Waals surface area contributed by atoms with Crippen LogP contribution in [0.15, 0.2) is 0 Å². The van der Waals surface area contributed by atoms with Crippen molar-refractivity contribution in [2.45, 2.75) is 58.0 Å². The molecular formula is C11H24N2.